The summed E-state index contributed by atoms with van der Waals surface area (Å²) in [6.07, 6.45) is 0. The molecule has 0 aromatic heterocycles. The zero-order chi connectivity index (χ0) is 15.9. The second kappa shape index (κ2) is 7.45. The van der Waals surface area contributed by atoms with Gasteiger partial charge in [-0.3, -0.25) is 0 Å². The fraction of sp³-hybridized carbons (Fsp3) is 0.294. The minimum Gasteiger partial charge on any atom is -0.493 e. The molecule has 0 atom stereocenters. The van der Waals surface area contributed by atoms with Gasteiger partial charge in [-0.25, -0.2) is 0 Å². The van der Waals surface area contributed by atoms with Crippen molar-refractivity contribution >= 4 is 11.4 Å². The molecule has 0 unspecified atom stereocenters. The van der Waals surface area contributed by atoms with E-state index in [-0.39, 0.29) is 0 Å². The molecule has 2 rings (SSSR count). The Labute approximate surface area is 131 Å². The van der Waals surface area contributed by atoms with E-state index in [0.717, 1.165) is 17.9 Å². The summed E-state index contributed by atoms with van der Waals surface area (Å²) in [6.45, 7) is 1.27. The van der Waals surface area contributed by atoms with Crippen molar-refractivity contribution in [3.05, 3.63) is 42.5 Å². The Hall–Kier alpha value is -2.56. The number of hydrogen-bond acceptors (Lipinski definition) is 5. The van der Waals surface area contributed by atoms with Crippen LogP contribution in [0.15, 0.2) is 42.5 Å². The van der Waals surface area contributed by atoms with Crippen LogP contribution in [0.2, 0.25) is 0 Å². The smallest absolute Gasteiger partial charge is 0.203 e. The summed E-state index contributed by atoms with van der Waals surface area (Å²) < 4.78 is 16.4. The summed E-state index contributed by atoms with van der Waals surface area (Å²) in [4.78, 5) is 2.10. The van der Waals surface area contributed by atoms with Crippen molar-refractivity contribution in [2.24, 2.45) is 0 Å². The number of rotatable bonds is 7. The van der Waals surface area contributed by atoms with Crippen LogP contribution in [0.4, 0.5) is 11.4 Å². The normalized spacial score (nSPS) is 10.1. The summed E-state index contributed by atoms with van der Waals surface area (Å²) in [7, 11) is 5.22. The van der Waals surface area contributed by atoms with Crippen LogP contribution in [-0.4, -0.2) is 34.4 Å². The van der Waals surface area contributed by atoms with Crippen molar-refractivity contribution in [2.75, 3.05) is 45.1 Å². The topological polar surface area (TPSA) is 57.0 Å². The Bertz CT molecular complexity index is 599. The van der Waals surface area contributed by atoms with Gasteiger partial charge in [-0.1, -0.05) is 6.07 Å². The Morgan fingerprint density at radius 3 is 2.27 bits per heavy atom. The molecule has 2 N–H and O–H groups in total. The number of para-hydroxylation sites is 1. The molecule has 0 aliphatic rings. The van der Waals surface area contributed by atoms with Crippen LogP contribution < -0.4 is 24.8 Å². The molecule has 0 fully saturated rings. The Balaban J connectivity index is 1.95. The third-order valence-corrected chi connectivity index (χ3v) is 3.38. The lowest BCUT2D eigenvalue weighted by Gasteiger charge is -2.20. The van der Waals surface area contributed by atoms with Crippen molar-refractivity contribution in [2.45, 2.75) is 0 Å². The van der Waals surface area contributed by atoms with Gasteiger partial charge in [-0.15, -0.1) is 0 Å². The number of benzene rings is 2. The van der Waals surface area contributed by atoms with Crippen LogP contribution in [0.3, 0.4) is 0 Å². The molecular weight excluding hydrogens is 280 g/mol. The van der Waals surface area contributed by atoms with E-state index >= 15 is 0 Å². The minimum absolute atomic E-state index is 0.532. The molecule has 22 heavy (non-hydrogen) atoms. The maximum atomic E-state index is 5.82. The molecule has 0 saturated heterocycles. The molecule has 5 heteroatoms. The van der Waals surface area contributed by atoms with Crippen LogP contribution >= 0.6 is 0 Å². The summed E-state index contributed by atoms with van der Waals surface area (Å²) in [6, 6.07) is 13.3. The van der Waals surface area contributed by atoms with E-state index in [0.29, 0.717) is 23.9 Å². The number of anilines is 2. The molecule has 0 heterocycles. The molecule has 0 aliphatic heterocycles. The highest BCUT2D eigenvalue weighted by atomic mass is 16.5. The first-order valence-corrected chi connectivity index (χ1v) is 7.06. The highest BCUT2D eigenvalue weighted by Gasteiger charge is 2.10. The van der Waals surface area contributed by atoms with Crippen LogP contribution in [0.25, 0.3) is 0 Å². The van der Waals surface area contributed by atoms with Gasteiger partial charge in [0.05, 0.1) is 20.8 Å². The predicted octanol–water partition coefficient (Wildman–Crippen LogP) is 2.80. The van der Waals surface area contributed by atoms with E-state index in [1.807, 2.05) is 49.5 Å². The quantitative estimate of drug-likeness (QED) is 0.797. The molecule has 0 saturated carbocycles. The highest BCUT2D eigenvalue weighted by Crippen LogP contribution is 2.36. The van der Waals surface area contributed by atoms with Gasteiger partial charge in [0, 0.05) is 18.4 Å². The largest absolute Gasteiger partial charge is 0.493 e. The first kappa shape index (κ1) is 15.8. The second-order valence-corrected chi connectivity index (χ2v) is 4.85. The second-order valence-electron chi connectivity index (χ2n) is 4.85. The van der Waals surface area contributed by atoms with Gasteiger partial charge in [-0.05, 0) is 36.4 Å². The first-order chi connectivity index (χ1) is 10.7. The van der Waals surface area contributed by atoms with E-state index in [9.17, 15) is 0 Å². The maximum absolute atomic E-state index is 5.82. The van der Waals surface area contributed by atoms with Crippen LogP contribution in [0.1, 0.15) is 0 Å². The van der Waals surface area contributed by atoms with Crippen molar-refractivity contribution in [1.82, 2.24) is 0 Å². The summed E-state index contributed by atoms with van der Waals surface area (Å²) in [5, 5.41) is 0. The minimum atomic E-state index is 0.532. The lowest BCUT2D eigenvalue weighted by atomic mass is 10.2. The average Bonchev–Trinajstić information content (AvgIpc) is 2.55. The van der Waals surface area contributed by atoms with Crippen LogP contribution in [0, 0.1) is 0 Å². The number of nitrogen functional groups attached to an aromatic ring is 1. The molecule has 118 valence electrons. The Morgan fingerprint density at radius 2 is 1.64 bits per heavy atom. The SMILES string of the molecule is COc1cccc(OCCN(C)c2ccc(N)cc2)c1OC. The molecule has 0 aliphatic carbocycles. The maximum Gasteiger partial charge on any atom is 0.203 e. The van der Waals surface area contributed by atoms with Gasteiger partial charge >= 0.3 is 0 Å². The molecule has 0 bridgehead atoms. The lowest BCUT2D eigenvalue weighted by Crippen LogP contribution is -2.23. The standard InChI is InChI=1S/C17H22N2O3/c1-19(14-9-7-13(18)8-10-14)11-12-22-16-6-4-5-15(20-2)17(16)21-3/h4-10H,11-12,18H2,1-3H3. The summed E-state index contributed by atoms with van der Waals surface area (Å²) in [5.74, 6) is 1.94. The van der Waals surface area contributed by atoms with Gasteiger partial charge in [0.1, 0.15) is 6.61 Å². The van der Waals surface area contributed by atoms with E-state index < -0.39 is 0 Å². The first-order valence-electron chi connectivity index (χ1n) is 7.06. The number of hydrogen-bond donors (Lipinski definition) is 1. The van der Waals surface area contributed by atoms with E-state index in [1.54, 1.807) is 14.2 Å². The van der Waals surface area contributed by atoms with Gasteiger partial charge in [0.25, 0.3) is 0 Å². The fourth-order valence-corrected chi connectivity index (χ4v) is 2.12. The molecule has 2 aromatic carbocycles. The lowest BCUT2D eigenvalue weighted by molar-refractivity contribution is 0.289. The number of nitrogens with two attached hydrogens (primary N) is 1. The number of methoxy groups -OCH3 is 2. The van der Waals surface area contributed by atoms with Gasteiger partial charge < -0.3 is 24.8 Å². The van der Waals surface area contributed by atoms with Crippen molar-refractivity contribution < 1.29 is 14.2 Å². The Morgan fingerprint density at radius 1 is 0.955 bits per heavy atom. The number of nitrogens with zero attached hydrogens (tertiary/aromatic N) is 1. The Kier molecular flexibility index (Phi) is 5.36. The highest BCUT2D eigenvalue weighted by molar-refractivity contribution is 5.53. The third kappa shape index (κ3) is 3.75. The van der Waals surface area contributed by atoms with Crippen molar-refractivity contribution in [1.29, 1.82) is 0 Å². The molecule has 0 amide bonds. The monoisotopic (exact) mass is 302 g/mol. The fourth-order valence-electron chi connectivity index (χ4n) is 2.12. The zero-order valence-electron chi connectivity index (χ0n) is 13.2. The van der Waals surface area contributed by atoms with E-state index in [4.69, 9.17) is 19.9 Å². The van der Waals surface area contributed by atoms with Crippen molar-refractivity contribution in [3.8, 4) is 17.2 Å². The van der Waals surface area contributed by atoms with E-state index in [1.165, 1.54) is 0 Å². The van der Waals surface area contributed by atoms with Crippen molar-refractivity contribution in [3.63, 3.8) is 0 Å². The molecule has 0 radical (unpaired) electrons. The summed E-state index contributed by atoms with van der Waals surface area (Å²) >= 11 is 0. The molecule has 0 spiro atoms. The van der Waals surface area contributed by atoms with Gasteiger partial charge in [-0.2, -0.15) is 0 Å². The number of ether oxygens (including phenoxy) is 3. The summed E-state index contributed by atoms with van der Waals surface area (Å²) in [5.41, 5.74) is 7.55. The zero-order valence-corrected chi connectivity index (χ0v) is 13.2. The van der Waals surface area contributed by atoms with Crippen LogP contribution in [0.5, 0.6) is 17.2 Å². The number of likely N-dealkylation sites (N-methyl/N-ethyl adjacent to an activating group) is 1. The van der Waals surface area contributed by atoms with Gasteiger partial charge in [0.15, 0.2) is 11.5 Å². The third-order valence-electron chi connectivity index (χ3n) is 3.38. The van der Waals surface area contributed by atoms with Crippen LogP contribution in [-0.2, 0) is 0 Å². The molecule has 2 aromatic rings. The van der Waals surface area contributed by atoms with E-state index in [2.05, 4.69) is 4.90 Å². The molecule has 5 nitrogen and oxygen atoms in total. The molecular formula is C17H22N2O3. The van der Waals surface area contributed by atoms with Gasteiger partial charge in [0.2, 0.25) is 5.75 Å². The predicted molar refractivity (Wildman–Crippen MR) is 89.2 cm³/mol. The average molecular weight is 302 g/mol.